The number of hydrogen-bond donors (Lipinski definition) is 0. The maximum atomic E-state index is 10.6. The van der Waals surface area contributed by atoms with Gasteiger partial charge in [-0.3, -0.25) is 4.79 Å². The Morgan fingerprint density at radius 2 is 2.05 bits per heavy atom. The van der Waals surface area contributed by atoms with Crippen molar-refractivity contribution in [1.29, 1.82) is 0 Å². The van der Waals surface area contributed by atoms with Gasteiger partial charge in [-0.1, -0.05) is 18.2 Å². The summed E-state index contributed by atoms with van der Waals surface area (Å²) in [5.41, 5.74) is 3.02. The Bertz CT molecular complexity index is 727. The molecule has 3 aromatic rings. The largest absolute Gasteiger partial charge is 0.453 e. The van der Waals surface area contributed by atoms with Gasteiger partial charge in [0.2, 0.25) is 0 Å². The van der Waals surface area contributed by atoms with E-state index < -0.39 is 0 Å². The van der Waals surface area contributed by atoms with Crippen molar-refractivity contribution in [2.75, 3.05) is 0 Å². The Morgan fingerprint density at radius 3 is 2.74 bits per heavy atom. The summed E-state index contributed by atoms with van der Waals surface area (Å²) in [6.07, 6.45) is 0.706. The quantitative estimate of drug-likeness (QED) is 0.669. The smallest absolute Gasteiger partial charge is 0.185 e. The number of benzene rings is 1. The first-order chi connectivity index (χ1) is 9.26. The van der Waals surface area contributed by atoms with Crippen molar-refractivity contribution in [3.05, 3.63) is 53.2 Å². The van der Waals surface area contributed by atoms with E-state index in [1.165, 1.54) is 0 Å². The summed E-state index contributed by atoms with van der Waals surface area (Å²) in [6.45, 7) is 1.98. The minimum atomic E-state index is 0.338. The summed E-state index contributed by atoms with van der Waals surface area (Å²) in [5.74, 6) is 1.03. The Labute approximate surface area is 114 Å². The standard InChI is InChI=1S/C15H11NO2S/c1-10-9-19-15(16-10)12-4-2-3-11(7-12)14-6-5-13(8-17)18-14/h2-9H,1H3. The zero-order chi connectivity index (χ0) is 13.2. The number of aldehydes is 1. The van der Waals surface area contributed by atoms with Crippen LogP contribution in [0.5, 0.6) is 0 Å². The molecule has 0 saturated heterocycles. The number of hydrogen-bond acceptors (Lipinski definition) is 4. The van der Waals surface area contributed by atoms with E-state index in [-0.39, 0.29) is 0 Å². The lowest BCUT2D eigenvalue weighted by Crippen LogP contribution is -1.79. The second-order valence-electron chi connectivity index (χ2n) is 4.19. The Hall–Kier alpha value is -2.20. The van der Waals surface area contributed by atoms with Gasteiger partial charge in [0.25, 0.3) is 0 Å². The van der Waals surface area contributed by atoms with E-state index in [0.29, 0.717) is 17.8 Å². The maximum Gasteiger partial charge on any atom is 0.185 e. The summed E-state index contributed by atoms with van der Waals surface area (Å²) in [6, 6.07) is 11.4. The van der Waals surface area contributed by atoms with Gasteiger partial charge in [-0.05, 0) is 25.1 Å². The molecule has 0 bridgehead atoms. The maximum absolute atomic E-state index is 10.6. The van der Waals surface area contributed by atoms with E-state index in [9.17, 15) is 4.79 Å². The average Bonchev–Trinajstić information content (AvgIpc) is 3.07. The fraction of sp³-hybridized carbons (Fsp3) is 0.0667. The number of carbonyl (C=O) groups excluding carboxylic acids is 1. The number of furan rings is 1. The van der Waals surface area contributed by atoms with Gasteiger partial charge in [0.15, 0.2) is 12.0 Å². The fourth-order valence-electron chi connectivity index (χ4n) is 1.86. The SMILES string of the molecule is Cc1csc(-c2cccc(-c3ccc(C=O)o3)c2)n1. The second-order valence-corrected chi connectivity index (χ2v) is 5.05. The van der Waals surface area contributed by atoms with Crippen LogP contribution < -0.4 is 0 Å². The van der Waals surface area contributed by atoms with Gasteiger partial charge >= 0.3 is 0 Å². The average molecular weight is 269 g/mol. The summed E-state index contributed by atoms with van der Waals surface area (Å²) < 4.78 is 5.43. The predicted molar refractivity (Wildman–Crippen MR) is 75.4 cm³/mol. The minimum absolute atomic E-state index is 0.338. The Balaban J connectivity index is 2.02. The third-order valence-electron chi connectivity index (χ3n) is 2.76. The first-order valence-corrected chi connectivity index (χ1v) is 6.72. The molecule has 1 aromatic carbocycles. The number of rotatable bonds is 3. The monoisotopic (exact) mass is 269 g/mol. The zero-order valence-corrected chi connectivity index (χ0v) is 11.1. The molecule has 0 unspecified atom stereocenters. The molecule has 2 heterocycles. The van der Waals surface area contributed by atoms with Gasteiger partial charge in [-0.25, -0.2) is 4.98 Å². The van der Waals surface area contributed by atoms with Gasteiger partial charge in [-0.2, -0.15) is 0 Å². The topological polar surface area (TPSA) is 43.1 Å². The molecule has 4 heteroatoms. The summed E-state index contributed by atoms with van der Waals surface area (Å²) >= 11 is 1.62. The second kappa shape index (κ2) is 4.82. The summed E-state index contributed by atoms with van der Waals surface area (Å²) in [5, 5.41) is 3.01. The highest BCUT2D eigenvalue weighted by atomic mass is 32.1. The molecular formula is C15H11NO2S. The van der Waals surface area contributed by atoms with Crippen LogP contribution in [-0.2, 0) is 0 Å². The Kier molecular flexibility index (Phi) is 3.01. The minimum Gasteiger partial charge on any atom is -0.453 e. The van der Waals surface area contributed by atoms with Crippen LogP contribution in [0.1, 0.15) is 16.2 Å². The highest BCUT2D eigenvalue weighted by Crippen LogP contribution is 2.29. The molecule has 0 N–H and O–H groups in total. The lowest BCUT2D eigenvalue weighted by molar-refractivity contribution is 0.110. The molecule has 0 aliphatic heterocycles. The Morgan fingerprint density at radius 1 is 1.21 bits per heavy atom. The zero-order valence-electron chi connectivity index (χ0n) is 10.3. The first kappa shape index (κ1) is 11.9. The van der Waals surface area contributed by atoms with Crippen molar-refractivity contribution in [3.63, 3.8) is 0 Å². The van der Waals surface area contributed by atoms with E-state index in [0.717, 1.165) is 21.8 Å². The number of nitrogens with zero attached hydrogens (tertiary/aromatic N) is 1. The van der Waals surface area contributed by atoms with Crippen LogP contribution in [-0.4, -0.2) is 11.3 Å². The van der Waals surface area contributed by atoms with E-state index in [1.807, 2.05) is 36.6 Å². The lowest BCUT2D eigenvalue weighted by atomic mass is 10.1. The van der Waals surface area contributed by atoms with Crippen LogP contribution in [0, 0.1) is 6.92 Å². The fourth-order valence-corrected chi connectivity index (χ4v) is 2.66. The van der Waals surface area contributed by atoms with Gasteiger partial charge < -0.3 is 4.42 Å². The predicted octanol–water partition coefficient (Wildman–Crippen LogP) is 4.19. The lowest BCUT2D eigenvalue weighted by Gasteiger charge is -2.00. The molecule has 3 nitrogen and oxygen atoms in total. The molecule has 3 rings (SSSR count). The van der Waals surface area contributed by atoms with Crippen molar-refractivity contribution in [3.8, 4) is 21.9 Å². The molecule has 0 atom stereocenters. The molecule has 19 heavy (non-hydrogen) atoms. The number of carbonyl (C=O) groups is 1. The molecule has 0 radical (unpaired) electrons. The first-order valence-electron chi connectivity index (χ1n) is 5.84. The van der Waals surface area contributed by atoms with Crippen molar-refractivity contribution in [2.24, 2.45) is 0 Å². The molecule has 94 valence electrons. The summed E-state index contributed by atoms with van der Waals surface area (Å²) in [4.78, 5) is 15.1. The molecule has 0 amide bonds. The molecular weight excluding hydrogens is 258 g/mol. The van der Waals surface area contributed by atoms with E-state index in [1.54, 1.807) is 23.5 Å². The van der Waals surface area contributed by atoms with Gasteiger partial charge in [0.05, 0.1) is 0 Å². The van der Waals surface area contributed by atoms with Gasteiger partial charge in [-0.15, -0.1) is 11.3 Å². The van der Waals surface area contributed by atoms with Crippen LogP contribution in [0.15, 0.2) is 46.2 Å². The van der Waals surface area contributed by atoms with E-state index in [4.69, 9.17) is 4.42 Å². The highest BCUT2D eigenvalue weighted by molar-refractivity contribution is 7.13. The molecule has 0 fully saturated rings. The molecule has 0 aliphatic carbocycles. The number of thiazole rings is 1. The van der Waals surface area contributed by atoms with Gasteiger partial charge in [0, 0.05) is 22.2 Å². The van der Waals surface area contributed by atoms with E-state index in [2.05, 4.69) is 4.98 Å². The van der Waals surface area contributed by atoms with Crippen molar-refractivity contribution >= 4 is 17.6 Å². The third-order valence-corrected chi connectivity index (χ3v) is 3.77. The van der Waals surface area contributed by atoms with Crippen molar-refractivity contribution in [2.45, 2.75) is 6.92 Å². The van der Waals surface area contributed by atoms with Crippen LogP contribution in [0.4, 0.5) is 0 Å². The van der Waals surface area contributed by atoms with Crippen LogP contribution >= 0.6 is 11.3 Å². The number of aromatic nitrogens is 1. The van der Waals surface area contributed by atoms with Gasteiger partial charge in [0.1, 0.15) is 10.8 Å². The molecule has 2 aromatic heterocycles. The van der Waals surface area contributed by atoms with Crippen molar-refractivity contribution in [1.82, 2.24) is 4.98 Å². The van der Waals surface area contributed by atoms with Crippen LogP contribution in [0.25, 0.3) is 21.9 Å². The van der Waals surface area contributed by atoms with Crippen LogP contribution in [0.2, 0.25) is 0 Å². The molecule has 0 aliphatic rings. The molecule has 0 saturated carbocycles. The number of aryl methyl sites for hydroxylation is 1. The highest BCUT2D eigenvalue weighted by Gasteiger charge is 2.07. The van der Waals surface area contributed by atoms with Crippen molar-refractivity contribution < 1.29 is 9.21 Å². The summed E-state index contributed by atoms with van der Waals surface area (Å²) in [7, 11) is 0. The molecule has 0 spiro atoms. The van der Waals surface area contributed by atoms with E-state index >= 15 is 0 Å². The van der Waals surface area contributed by atoms with Crippen LogP contribution in [0.3, 0.4) is 0 Å². The third kappa shape index (κ3) is 2.35. The normalized spacial score (nSPS) is 10.6.